The van der Waals surface area contributed by atoms with Gasteiger partial charge < -0.3 is 20.9 Å². The topological polar surface area (TPSA) is 96.3 Å². The molecule has 0 aliphatic heterocycles. The molecule has 0 saturated carbocycles. The van der Waals surface area contributed by atoms with Crippen molar-refractivity contribution in [1.82, 2.24) is 9.97 Å². The summed E-state index contributed by atoms with van der Waals surface area (Å²) in [5.74, 6) is 1.90. The van der Waals surface area contributed by atoms with Gasteiger partial charge in [-0.2, -0.15) is 4.98 Å². The van der Waals surface area contributed by atoms with Crippen molar-refractivity contribution in [2.75, 3.05) is 25.7 Å². The number of ether oxygens (including phenoxy) is 2. The van der Waals surface area contributed by atoms with E-state index >= 15 is 0 Å². The molecule has 0 atom stereocenters. The number of nitrogen functional groups attached to an aromatic ring is 2. The predicted molar refractivity (Wildman–Crippen MR) is 117 cm³/mol. The highest BCUT2D eigenvalue weighted by Gasteiger charge is 2.19. The summed E-state index contributed by atoms with van der Waals surface area (Å²) >= 11 is 0. The van der Waals surface area contributed by atoms with Crippen molar-refractivity contribution in [3.63, 3.8) is 0 Å². The number of nitrogens with zero attached hydrogens (tertiary/aromatic N) is 2. The number of anilines is 2. The third-order valence-electron chi connectivity index (χ3n) is 4.97. The summed E-state index contributed by atoms with van der Waals surface area (Å²) in [6, 6.07) is 12.4. The highest BCUT2D eigenvalue weighted by Crippen LogP contribution is 2.42. The Hall–Kier alpha value is -3.28. The molecule has 3 rings (SSSR count). The van der Waals surface area contributed by atoms with Crippen LogP contribution in [0.25, 0.3) is 11.1 Å². The molecule has 0 unspecified atom stereocenters. The molecule has 0 radical (unpaired) electrons. The van der Waals surface area contributed by atoms with Crippen LogP contribution in [0.5, 0.6) is 11.5 Å². The Kier molecular flexibility index (Phi) is 5.64. The number of hydrogen-bond acceptors (Lipinski definition) is 6. The molecule has 0 aliphatic rings. The quantitative estimate of drug-likeness (QED) is 0.675. The van der Waals surface area contributed by atoms with Crippen LogP contribution in [0.1, 0.15) is 37.5 Å². The monoisotopic (exact) mass is 392 g/mol. The molecule has 0 spiro atoms. The Morgan fingerprint density at radius 2 is 1.59 bits per heavy atom. The lowest BCUT2D eigenvalue weighted by Crippen LogP contribution is -2.10. The lowest BCUT2D eigenvalue weighted by atomic mass is 9.85. The molecule has 29 heavy (non-hydrogen) atoms. The van der Waals surface area contributed by atoms with E-state index in [4.69, 9.17) is 20.9 Å². The molecule has 0 amide bonds. The zero-order valence-corrected chi connectivity index (χ0v) is 17.6. The van der Waals surface area contributed by atoms with Gasteiger partial charge in [-0.15, -0.1) is 0 Å². The van der Waals surface area contributed by atoms with Gasteiger partial charge in [-0.1, -0.05) is 51.1 Å². The average Bonchev–Trinajstić information content (AvgIpc) is 2.69. The van der Waals surface area contributed by atoms with Gasteiger partial charge in [0.05, 0.1) is 14.2 Å². The normalized spacial score (nSPS) is 11.3. The van der Waals surface area contributed by atoms with Gasteiger partial charge in [0.1, 0.15) is 5.82 Å². The minimum Gasteiger partial charge on any atom is -0.493 e. The third-order valence-corrected chi connectivity index (χ3v) is 4.97. The predicted octanol–water partition coefficient (Wildman–Crippen LogP) is 4.21. The SMILES string of the molecule is COc1ccc(Cc2cnc(N)nc2N)c(-c2ccc(C(C)(C)C)cc2)c1OC. The molecule has 6 nitrogen and oxygen atoms in total. The first kappa shape index (κ1) is 20.5. The van der Waals surface area contributed by atoms with Gasteiger partial charge in [-0.05, 0) is 28.2 Å². The minimum atomic E-state index is 0.0790. The fourth-order valence-corrected chi connectivity index (χ4v) is 3.34. The van der Waals surface area contributed by atoms with Crippen LogP contribution in [0.2, 0.25) is 0 Å². The minimum absolute atomic E-state index is 0.0790. The van der Waals surface area contributed by atoms with Crippen molar-refractivity contribution in [3.8, 4) is 22.6 Å². The summed E-state index contributed by atoms with van der Waals surface area (Å²) in [4.78, 5) is 8.16. The highest BCUT2D eigenvalue weighted by atomic mass is 16.5. The van der Waals surface area contributed by atoms with E-state index in [2.05, 4.69) is 55.0 Å². The van der Waals surface area contributed by atoms with E-state index in [-0.39, 0.29) is 11.4 Å². The largest absolute Gasteiger partial charge is 0.493 e. The molecule has 0 aliphatic carbocycles. The van der Waals surface area contributed by atoms with Gasteiger partial charge in [-0.25, -0.2) is 4.98 Å². The number of hydrogen-bond donors (Lipinski definition) is 2. The first-order valence-corrected chi connectivity index (χ1v) is 9.46. The third kappa shape index (κ3) is 4.26. The van der Waals surface area contributed by atoms with Crippen molar-refractivity contribution in [2.24, 2.45) is 0 Å². The molecule has 4 N–H and O–H groups in total. The Bertz CT molecular complexity index is 1010. The fraction of sp³-hybridized carbons (Fsp3) is 0.304. The molecule has 6 heteroatoms. The molecular formula is C23H28N4O2. The lowest BCUT2D eigenvalue weighted by molar-refractivity contribution is 0.356. The number of nitrogens with two attached hydrogens (primary N) is 2. The van der Waals surface area contributed by atoms with Crippen LogP contribution in [0.4, 0.5) is 11.8 Å². The molecule has 0 fully saturated rings. The van der Waals surface area contributed by atoms with Crippen LogP contribution in [-0.4, -0.2) is 24.2 Å². The molecule has 1 aromatic heterocycles. The second-order valence-corrected chi connectivity index (χ2v) is 7.98. The van der Waals surface area contributed by atoms with Gasteiger partial charge in [0, 0.05) is 23.7 Å². The Morgan fingerprint density at radius 3 is 2.14 bits per heavy atom. The van der Waals surface area contributed by atoms with Crippen LogP contribution in [0.15, 0.2) is 42.6 Å². The highest BCUT2D eigenvalue weighted by molar-refractivity contribution is 5.78. The van der Waals surface area contributed by atoms with Crippen molar-refractivity contribution in [3.05, 3.63) is 59.3 Å². The summed E-state index contributed by atoms with van der Waals surface area (Å²) in [5.41, 5.74) is 16.9. The van der Waals surface area contributed by atoms with Crippen LogP contribution >= 0.6 is 0 Å². The van der Waals surface area contributed by atoms with E-state index in [0.29, 0.717) is 23.7 Å². The average molecular weight is 393 g/mol. The standard InChI is InChI=1S/C23H28N4O2/c1-23(2,3)17-9-6-14(7-10-17)19-15(8-11-18(28-4)20(19)29-5)12-16-13-26-22(25)27-21(16)24/h6-11,13H,12H2,1-5H3,(H4,24,25,26,27). The number of benzene rings is 2. The van der Waals surface area contributed by atoms with E-state index in [9.17, 15) is 0 Å². The number of methoxy groups -OCH3 is 2. The summed E-state index contributed by atoms with van der Waals surface area (Å²) < 4.78 is 11.3. The summed E-state index contributed by atoms with van der Waals surface area (Å²) in [5, 5.41) is 0. The Morgan fingerprint density at radius 1 is 0.897 bits per heavy atom. The molecule has 152 valence electrons. The summed E-state index contributed by atoms with van der Waals surface area (Å²) in [7, 11) is 3.28. The van der Waals surface area contributed by atoms with Gasteiger partial charge in [0.15, 0.2) is 11.5 Å². The van der Waals surface area contributed by atoms with E-state index in [0.717, 1.165) is 22.3 Å². The van der Waals surface area contributed by atoms with Gasteiger partial charge in [-0.3, -0.25) is 0 Å². The maximum Gasteiger partial charge on any atom is 0.221 e. The maximum atomic E-state index is 6.07. The molecule has 2 aromatic carbocycles. The van der Waals surface area contributed by atoms with Crippen LogP contribution in [0.3, 0.4) is 0 Å². The summed E-state index contributed by atoms with van der Waals surface area (Å²) in [6.45, 7) is 6.59. The Labute approximate surface area is 171 Å². The Balaban J connectivity index is 2.14. The first-order chi connectivity index (χ1) is 13.7. The molecule has 0 saturated heterocycles. The van der Waals surface area contributed by atoms with E-state index in [1.165, 1.54) is 5.56 Å². The molecule has 1 heterocycles. The van der Waals surface area contributed by atoms with Crippen LogP contribution in [-0.2, 0) is 11.8 Å². The second-order valence-electron chi connectivity index (χ2n) is 7.98. The zero-order chi connectivity index (χ0) is 21.2. The van der Waals surface area contributed by atoms with Crippen molar-refractivity contribution < 1.29 is 9.47 Å². The molecular weight excluding hydrogens is 364 g/mol. The fourth-order valence-electron chi connectivity index (χ4n) is 3.34. The van der Waals surface area contributed by atoms with Crippen LogP contribution in [0, 0.1) is 0 Å². The molecule has 0 bridgehead atoms. The zero-order valence-electron chi connectivity index (χ0n) is 17.6. The first-order valence-electron chi connectivity index (χ1n) is 9.46. The molecule has 3 aromatic rings. The van der Waals surface area contributed by atoms with Crippen molar-refractivity contribution >= 4 is 11.8 Å². The maximum absolute atomic E-state index is 6.07. The van der Waals surface area contributed by atoms with Crippen molar-refractivity contribution in [1.29, 1.82) is 0 Å². The van der Waals surface area contributed by atoms with Gasteiger partial charge >= 0.3 is 0 Å². The number of aromatic nitrogens is 2. The van der Waals surface area contributed by atoms with Crippen molar-refractivity contribution in [2.45, 2.75) is 32.6 Å². The van der Waals surface area contributed by atoms with Gasteiger partial charge in [0.25, 0.3) is 0 Å². The van der Waals surface area contributed by atoms with E-state index in [1.54, 1.807) is 20.4 Å². The van der Waals surface area contributed by atoms with Gasteiger partial charge in [0.2, 0.25) is 5.95 Å². The smallest absolute Gasteiger partial charge is 0.221 e. The van der Waals surface area contributed by atoms with E-state index in [1.807, 2.05) is 12.1 Å². The second kappa shape index (κ2) is 7.99. The van der Waals surface area contributed by atoms with Crippen LogP contribution < -0.4 is 20.9 Å². The summed E-state index contributed by atoms with van der Waals surface area (Å²) in [6.07, 6.45) is 2.21. The number of rotatable bonds is 5. The van der Waals surface area contributed by atoms with E-state index < -0.39 is 0 Å². The lowest BCUT2D eigenvalue weighted by Gasteiger charge is -2.21.